The van der Waals surface area contributed by atoms with E-state index in [2.05, 4.69) is 0 Å². The standard InChI is InChI=1S/C9H11FN2OS.ClH/c10-7-3-1-2-4-8(7)13-5-6-14-9(11)12;/h1-4H,5-6H2,(H3,11,12);1H. The molecule has 6 heteroatoms. The zero-order chi connectivity index (χ0) is 10.4. The minimum Gasteiger partial charge on any atom is -0.490 e. The van der Waals surface area contributed by atoms with E-state index in [1.165, 1.54) is 17.8 Å². The number of nitrogens with two attached hydrogens (primary N) is 1. The summed E-state index contributed by atoms with van der Waals surface area (Å²) >= 11 is 1.17. The molecule has 1 rings (SSSR count). The van der Waals surface area contributed by atoms with Gasteiger partial charge in [0.05, 0.1) is 6.61 Å². The summed E-state index contributed by atoms with van der Waals surface area (Å²) in [6, 6.07) is 6.21. The van der Waals surface area contributed by atoms with Gasteiger partial charge in [-0.1, -0.05) is 23.9 Å². The van der Waals surface area contributed by atoms with E-state index in [9.17, 15) is 4.39 Å². The molecule has 0 aromatic heterocycles. The Labute approximate surface area is 98.1 Å². The third-order valence-electron chi connectivity index (χ3n) is 1.44. The van der Waals surface area contributed by atoms with Gasteiger partial charge in [0.25, 0.3) is 0 Å². The Balaban J connectivity index is 0.00000196. The Morgan fingerprint density at radius 1 is 1.47 bits per heavy atom. The number of amidine groups is 1. The minimum absolute atomic E-state index is 0. The molecule has 3 N–H and O–H groups in total. The second-order valence-corrected chi connectivity index (χ2v) is 3.63. The lowest BCUT2D eigenvalue weighted by Crippen LogP contribution is -2.09. The average molecular weight is 251 g/mol. The average Bonchev–Trinajstić information content (AvgIpc) is 2.15. The molecule has 0 unspecified atom stereocenters. The van der Waals surface area contributed by atoms with E-state index in [1.807, 2.05) is 0 Å². The highest BCUT2D eigenvalue weighted by Gasteiger charge is 2.00. The van der Waals surface area contributed by atoms with E-state index in [-0.39, 0.29) is 29.1 Å². The van der Waals surface area contributed by atoms with Crippen LogP contribution in [0.4, 0.5) is 4.39 Å². The predicted octanol–water partition coefficient (Wildman–Crippen LogP) is 2.25. The van der Waals surface area contributed by atoms with Crippen molar-refractivity contribution in [2.75, 3.05) is 12.4 Å². The lowest BCUT2D eigenvalue weighted by atomic mass is 10.3. The summed E-state index contributed by atoms with van der Waals surface area (Å²) in [6.07, 6.45) is 0. The Morgan fingerprint density at radius 2 is 2.13 bits per heavy atom. The molecule has 0 saturated carbocycles. The number of thioether (sulfide) groups is 1. The highest BCUT2D eigenvalue weighted by Crippen LogP contribution is 2.15. The predicted molar refractivity (Wildman–Crippen MR) is 63.5 cm³/mol. The van der Waals surface area contributed by atoms with Crippen molar-refractivity contribution in [3.63, 3.8) is 0 Å². The van der Waals surface area contributed by atoms with Crippen LogP contribution in [-0.4, -0.2) is 17.5 Å². The van der Waals surface area contributed by atoms with Gasteiger partial charge in [-0.15, -0.1) is 12.4 Å². The zero-order valence-corrected chi connectivity index (χ0v) is 9.54. The summed E-state index contributed by atoms with van der Waals surface area (Å²) in [5, 5.41) is 6.97. The van der Waals surface area contributed by atoms with Crippen LogP contribution >= 0.6 is 24.2 Å². The number of halogens is 2. The van der Waals surface area contributed by atoms with Crippen molar-refractivity contribution in [2.45, 2.75) is 0 Å². The van der Waals surface area contributed by atoms with Crippen LogP contribution < -0.4 is 10.5 Å². The quantitative estimate of drug-likeness (QED) is 0.490. The number of hydrogen-bond acceptors (Lipinski definition) is 3. The van der Waals surface area contributed by atoms with E-state index in [0.29, 0.717) is 12.4 Å². The van der Waals surface area contributed by atoms with E-state index in [0.717, 1.165) is 0 Å². The Morgan fingerprint density at radius 3 is 2.73 bits per heavy atom. The summed E-state index contributed by atoms with van der Waals surface area (Å²) in [5.74, 6) is 0.404. The molecule has 1 aromatic rings. The first-order valence-electron chi connectivity index (χ1n) is 4.04. The zero-order valence-electron chi connectivity index (χ0n) is 7.90. The summed E-state index contributed by atoms with van der Waals surface area (Å²) in [4.78, 5) is 0. The lowest BCUT2D eigenvalue weighted by molar-refractivity contribution is 0.325. The number of ether oxygens (including phenoxy) is 1. The van der Waals surface area contributed by atoms with Gasteiger partial charge < -0.3 is 10.5 Å². The third-order valence-corrected chi connectivity index (χ3v) is 2.12. The van der Waals surface area contributed by atoms with Gasteiger partial charge in [-0.2, -0.15) is 0 Å². The smallest absolute Gasteiger partial charge is 0.165 e. The fourth-order valence-electron chi connectivity index (χ4n) is 0.865. The van der Waals surface area contributed by atoms with E-state index >= 15 is 0 Å². The Bertz CT molecular complexity index is 325. The van der Waals surface area contributed by atoms with Crippen LogP contribution in [0.25, 0.3) is 0 Å². The van der Waals surface area contributed by atoms with Gasteiger partial charge in [0.2, 0.25) is 0 Å². The molecular formula is C9H12ClFN2OS. The molecule has 0 fully saturated rings. The van der Waals surface area contributed by atoms with Crippen molar-refractivity contribution >= 4 is 29.3 Å². The Kier molecular flexibility index (Phi) is 6.90. The van der Waals surface area contributed by atoms with Gasteiger partial charge in [-0.05, 0) is 12.1 Å². The molecule has 0 aliphatic carbocycles. The Hall–Kier alpha value is -0.940. The number of benzene rings is 1. The van der Waals surface area contributed by atoms with Crippen molar-refractivity contribution in [3.05, 3.63) is 30.1 Å². The molecule has 0 atom stereocenters. The lowest BCUT2D eigenvalue weighted by Gasteiger charge is -2.05. The van der Waals surface area contributed by atoms with Crippen LogP contribution in [0.1, 0.15) is 0 Å². The van der Waals surface area contributed by atoms with Gasteiger partial charge in [0.1, 0.15) is 0 Å². The SMILES string of the molecule is Cl.N=C(N)SCCOc1ccccc1F. The maximum Gasteiger partial charge on any atom is 0.165 e. The maximum atomic E-state index is 13.0. The van der Waals surface area contributed by atoms with Crippen molar-refractivity contribution in [1.29, 1.82) is 5.41 Å². The van der Waals surface area contributed by atoms with Crippen LogP contribution in [0.15, 0.2) is 24.3 Å². The van der Waals surface area contributed by atoms with Crippen molar-refractivity contribution in [3.8, 4) is 5.75 Å². The normalized spacial score (nSPS) is 9.13. The molecule has 0 spiro atoms. The highest BCUT2D eigenvalue weighted by atomic mass is 35.5. The van der Waals surface area contributed by atoms with Crippen molar-refractivity contribution in [1.82, 2.24) is 0 Å². The highest BCUT2D eigenvalue weighted by molar-refractivity contribution is 8.13. The molecule has 0 radical (unpaired) electrons. The summed E-state index contributed by atoms with van der Waals surface area (Å²) in [6.45, 7) is 0.338. The first-order valence-corrected chi connectivity index (χ1v) is 5.03. The van der Waals surface area contributed by atoms with E-state index in [1.54, 1.807) is 18.2 Å². The fourth-order valence-corrected chi connectivity index (χ4v) is 1.25. The van der Waals surface area contributed by atoms with Gasteiger partial charge in [-0.3, -0.25) is 5.41 Å². The van der Waals surface area contributed by atoms with Crippen LogP contribution in [-0.2, 0) is 0 Å². The molecule has 0 heterocycles. The molecule has 0 saturated heterocycles. The summed E-state index contributed by atoms with van der Waals surface area (Å²) in [7, 11) is 0. The van der Waals surface area contributed by atoms with Crippen molar-refractivity contribution in [2.24, 2.45) is 5.73 Å². The van der Waals surface area contributed by atoms with Gasteiger partial charge in [0.15, 0.2) is 16.7 Å². The molecule has 0 aliphatic rings. The van der Waals surface area contributed by atoms with Crippen molar-refractivity contribution < 1.29 is 9.13 Å². The number of para-hydroxylation sites is 1. The van der Waals surface area contributed by atoms with Crippen LogP contribution in [0, 0.1) is 11.2 Å². The molecule has 84 valence electrons. The summed E-state index contributed by atoms with van der Waals surface area (Å²) in [5.41, 5.74) is 5.12. The van der Waals surface area contributed by atoms with Crippen LogP contribution in [0.3, 0.4) is 0 Å². The largest absolute Gasteiger partial charge is 0.490 e. The van der Waals surface area contributed by atoms with Gasteiger partial charge >= 0.3 is 0 Å². The van der Waals surface area contributed by atoms with Crippen LogP contribution in [0.2, 0.25) is 0 Å². The molecule has 1 aromatic carbocycles. The second kappa shape index (κ2) is 7.36. The first kappa shape index (κ1) is 14.1. The van der Waals surface area contributed by atoms with Crippen LogP contribution in [0.5, 0.6) is 5.75 Å². The van der Waals surface area contributed by atoms with E-state index < -0.39 is 0 Å². The molecule has 3 nitrogen and oxygen atoms in total. The molecule has 0 aliphatic heterocycles. The fraction of sp³-hybridized carbons (Fsp3) is 0.222. The molecule has 15 heavy (non-hydrogen) atoms. The number of hydrogen-bond donors (Lipinski definition) is 2. The topological polar surface area (TPSA) is 59.1 Å². The maximum absolute atomic E-state index is 13.0. The summed E-state index contributed by atoms with van der Waals surface area (Å²) < 4.78 is 18.1. The molecule has 0 amide bonds. The first-order chi connectivity index (χ1) is 6.70. The van der Waals surface area contributed by atoms with Gasteiger partial charge in [0, 0.05) is 5.75 Å². The number of rotatable bonds is 4. The second-order valence-electron chi connectivity index (χ2n) is 2.49. The molecular weight excluding hydrogens is 239 g/mol. The van der Waals surface area contributed by atoms with E-state index in [4.69, 9.17) is 15.9 Å². The third kappa shape index (κ3) is 5.49. The monoisotopic (exact) mass is 250 g/mol. The minimum atomic E-state index is -0.375. The van der Waals surface area contributed by atoms with Gasteiger partial charge in [-0.25, -0.2) is 4.39 Å². The number of nitrogens with one attached hydrogen (secondary N) is 1. The molecule has 0 bridgehead atoms.